The lowest BCUT2D eigenvalue weighted by molar-refractivity contribution is 0.581. The van der Waals surface area contributed by atoms with Crippen molar-refractivity contribution in [1.82, 2.24) is 10.3 Å². The molecule has 0 saturated heterocycles. The molecule has 1 fully saturated rings. The van der Waals surface area contributed by atoms with Gasteiger partial charge in [-0.3, -0.25) is 0 Å². The lowest BCUT2D eigenvalue weighted by atomic mass is 10.2. The summed E-state index contributed by atoms with van der Waals surface area (Å²) in [7, 11) is 0. The topological polar surface area (TPSA) is 24.9 Å². The van der Waals surface area contributed by atoms with E-state index < -0.39 is 0 Å². The van der Waals surface area contributed by atoms with Gasteiger partial charge in [0.25, 0.3) is 0 Å². The molecule has 2 nitrogen and oxygen atoms in total. The summed E-state index contributed by atoms with van der Waals surface area (Å²) in [6.45, 7) is 7.54. The van der Waals surface area contributed by atoms with Gasteiger partial charge in [-0.2, -0.15) is 0 Å². The monoisotopic (exact) mass is 210 g/mol. The van der Waals surface area contributed by atoms with Gasteiger partial charge in [-0.15, -0.1) is 11.3 Å². The summed E-state index contributed by atoms with van der Waals surface area (Å²) in [5, 5.41) is 6.91. The van der Waals surface area contributed by atoms with Crippen molar-refractivity contribution in [3.05, 3.63) is 16.1 Å². The number of hydrogen-bond donors (Lipinski definition) is 1. The number of hydrogen-bond acceptors (Lipinski definition) is 3. The van der Waals surface area contributed by atoms with Crippen LogP contribution in [-0.2, 0) is 12.0 Å². The third-order valence-electron chi connectivity index (χ3n) is 2.76. The summed E-state index contributed by atoms with van der Waals surface area (Å²) in [5.74, 6) is 0. The molecule has 1 aliphatic rings. The third kappa shape index (κ3) is 2.15. The summed E-state index contributed by atoms with van der Waals surface area (Å²) >= 11 is 1.82. The van der Waals surface area contributed by atoms with Gasteiger partial charge in [-0.1, -0.05) is 20.8 Å². The molecular formula is C11H18N2S. The largest absolute Gasteiger partial charge is 0.309 e. The summed E-state index contributed by atoms with van der Waals surface area (Å²) < 4.78 is 0. The van der Waals surface area contributed by atoms with Crippen LogP contribution in [0.1, 0.15) is 44.3 Å². The van der Waals surface area contributed by atoms with Gasteiger partial charge < -0.3 is 5.32 Å². The van der Waals surface area contributed by atoms with E-state index in [2.05, 4.69) is 36.5 Å². The zero-order chi connectivity index (χ0) is 10.2. The molecule has 0 aliphatic heterocycles. The highest BCUT2D eigenvalue weighted by Gasteiger charge is 2.41. The SMILES string of the molecule is CC(C)NCc1csc(C2(C)CC2)n1. The molecule has 1 heterocycles. The summed E-state index contributed by atoms with van der Waals surface area (Å²) in [6.07, 6.45) is 2.63. The predicted molar refractivity (Wildman–Crippen MR) is 60.7 cm³/mol. The van der Waals surface area contributed by atoms with Crippen LogP contribution in [0.3, 0.4) is 0 Å². The van der Waals surface area contributed by atoms with E-state index in [9.17, 15) is 0 Å². The zero-order valence-electron chi connectivity index (χ0n) is 9.13. The maximum Gasteiger partial charge on any atom is 0.0988 e. The molecule has 0 spiro atoms. The Morgan fingerprint density at radius 3 is 2.86 bits per heavy atom. The lowest BCUT2D eigenvalue weighted by Crippen LogP contribution is -2.22. The molecule has 0 amide bonds. The Bertz CT molecular complexity index is 313. The van der Waals surface area contributed by atoms with E-state index in [1.807, 2.05) is 11.3 Å². The Labute approximate surface area is 89.8 Å². The minimum Gasteiger partial charge on any atom is -0.309 e. The molecule has 0 bridgehead atoms. The van der Waals surface area contributed by atoms with Gasteiger partial charge in [-0.25, -0.2) is 4.98 Å². The average Bonchev–Trinajstić information content (AvgIpc) is 2.70. The first kappa shape index (κ1) is 10.1. The number of aromatic nitrogens is 1. The van der Waals surface area contributed by atoms with Crippen molar-refractivity contribution in [2.45, 2.75) is 51.6 Å². The Balaban J connectivity index is 1.96. The minimum absolute atomic E-state index is 0.431. The van der Waals surface area contributed by atoms with Gasteiger partial charge in [0.2, 0.25) is 0 Å². The van der Waals surface area contributed by atoms with Gasteiger partial charge in [0.05, 0.1) is 10.7 Å². The van der Waals surface area contributed by atoms with Crippen molar-refractivity contribution < 1.29 is 0 Å². The molecule has 1 aliphatic carbocycles. The zero-order valence-corrected chi connectivity index (χ0v) is 9.95. The van der Waals surface area contributed by atoms with Crippen molar-refractivity contribution in [3.8, 4) is 0 Å². The molecule has 0 atom stereocenters. The van der Waals surface area contributed by atoms with Crippen LogP contribution < -0.4 is 5.32 Å². The molecule has 14 heavy (non-hydrogen) atoms. The summed E-state index contributed by atoms with van der Waals surface area (Å²) in [6, 6.07) is 0.539. The second-order valence-electron chi connectivity index (χ2n) is 4.74. The van der Waals surface area contributed by atoms with Crippen molar-refractivity contribution in [2.24, 2.45) is 0 Å². The standard InChI is InChI=1S/C11H18N2S/c1-8(2)12-6-9-7-14-10(13-9)11(3)4-5-11/h7-8,12H,4-6H2,1-3H3. The van der Waals surface area contributed by atoms with Gasteiger partial charge in [0, 0.05) is 23.4 Å². The fraction of sp³-hybridized carbons (Fsp3) is 0.727. The molecule has 0 unspecified atom stereocenters. The molecule has 1 aromatic heterocycles. The fourth-order valence-corrected chi connectivity index (χ4v) is 2.42. The average molecular weight is 210 g/mol. The molecule has 0 radical (unpaired) electrons. The second-order valence-corrected chi connectivity index (χ2v) is 5.60. The molecule has 1 N–H and O–H groups in total. The van der Waals surface area contributed by atoms with Crippen molar-refractivity contribution in [2.75, 3.05) is 0 Å². The van der Waals surface area contributed by atoms with Crippen LogP contribution in [0.2, 0.25) is 0 Å². The Morgan fingerprint density at radius 2 is 2.29 bits per heavy atom. The first-order valence-corrected chi connectivity index (χ1v) is 6.16. The Kier molecular flexibility index (Phi) is 2.62. The van der Waals surface area contributed by atoms with E-state index in [1.54, 1.807) is 0 Å². The predicted octanol–water partition coefficient (Wildman–Crippen LogP) is 2.69. The number of nitrogens with zero attached hydrogens (tertiary/aromatic N) is 1. The Morgan fingerprint density at radius 1 is 1.57 bits per heavy atom. The van der Waals surface area contributed by atoms with Gasteiger partial charge in [0.15, 0.2) is 0 Å². The maximum atomic E-state index is 4.67. The van der Waals surface area contributed by atoms with E-state index in [1.165, 1.54) is 23.5 Å². The molecule has 1 saturated carbocycles. The third-order valence-corrected chi connectivity index (χ3v) is 3.96. The normalized spacial score (nSPS) is 18.9. The van der Waals surface area contributed by atoms with Gasteiger partial charge >= 0.3 is 0 Å². The fourth-order valence-electron chi connectivity index (χ4n) is 1.38. The number of thiazole rings is 1. The summed E-state index contributed by atoms with van der Waals surface area (Å²) in [4.78, 5) is 4.67. The molecule has 78 valence electrons. The molecule has 0 aromatic carbocycles. The number of rotatable bonds is 4. The highest BCUT2D eigenvalue weighted by molar-refractivity contribution is 7.09. The highest BCUT2D eigenvalue weighted by atomic mass is 32.1. The van der Waals surface area contributed by atoms with Gasteiger partial charge in [0.1, 0.15) is 0 Å². The first-order chi connectivity index (χ1) is 6.60. The van der Waals surface area contributed by atoms with Crippen LogP contribution in [0.15, 0.2) is 5.38 Å². The van der Waals surface area contributed by atoms with Crippen LogP contribution in [0.4, 0.5) is 0 Å². The summed E-state index contributed by atoms with van der Waals surface area (Å²) in [5.41, 5.74) is 1.63. The number of nitrogens with one attached hydrogen (secondary N) is 1. The molecule has 3 heteroatoms. The first-order valence-electron chi connectivity index (χ1n) is 5.28. The Hall–Kier alpha value is -0.410. The minimum atomic E-state index is 0.431. The van der Waals surface area contributed by atoms with E-state index in [0.29, 0.717) is 11.5 Å². The van der Waals surface area contributed by atoms with Crippen molar-refractivity contribution in [3.63, 3.8) is 0 Å². The van der Waals surface area contributed by atoms with Crippen molar-refractivity contribution in [1.29, 1.82) is 0 Å². The second kappa shape index (κ2) is 3.63. The lowest BCUT2D eigenvalue weighted by Gasteiger charge is -2.05. The van der Waals surface area contributed by atoms with E-state index in [-0.39, 0.29) is 0 Å². The van der Waals surface area contributed by atoms with Crippen LogP contribution in [0.25, 0.3) is 0 Å². The van der Waals surface area contributed by atoms with Crippen LogP contribution >= 0.6 is 11.3 Å². The smallest absolute Gasteiger partial charge is 0.0988 e. The quantitative estimate of drug-likeness (QED) is 0.826. The highest BCUT2D eigenvalue weighted by Crippen LogP contribution is 2.48. The van der Waals surface area contributed by atoms with E-state index in [0.717, 1.165) is 6.54 Å². The molecule has 2 rings (SSSR count). The van der Waals surface area contributed by atoms with Gasteiger partial charge in [-0.05, 0) is 12.8 Å². The van der Waals surface area contributed by atoms with E-state index >= 15 is 0 Å². The maximum absolute atomic E-state index is 4.67. The van der Waals surface area contributed by atoms with Crippen molar-refractivity contribution >= 4 is 11.3 Å². The molecule has 1 aromatic rings. The van der Waals surface area contributed by atoms with E-state index in [4.69, 9.17) is 0 Å². The van der Waals surface area contributed by atoms with Crippen LogP contribution in [0, 0.1) is 0 Å². The van der Waals surface area contributed by atoms with Crippen LogP contribution in [-0.4, -0.2) is 11.0 Å². The van der Waals surface area contributed by atoms with Crippen LogP contribution in [0.5, 0.6) is 0 Å². The molecular weight excluding hydrogens is 192 g/mol.